The molecule has 1 heterocycles. The Labute approximate surface area is 108 Å². The monoisotopic (exact) mass is 248 g/mol. The van der Waals surface area contributed by atoms with Gasteiger partial charge >= 0.3 is 0 Å². The van der Waals surface area contributed by atoms with Crippen molar-refractivity contribution in [1.29, 1.82) is 0 Å². The van der Waals surface area contributed by atoms with Crippen LogP contribution < -0.4 is 15.4 Å². The van der Waals surface area contributed by atoms with E-state index in [0.29, 0.717) is 0 Å². The molecule has 0 aromatic heterocycles. The van der Waals surface area contributed by atoms with Crippen LogP contribution in [0.1, 0.15) is 32.4 Å². The molecule has 0 bridgehead atoms. The van der Waals surface area contributed by atoms with Crippen LogP contribution in [0.2, 0.25) is 0 Å². The van der Waals surface area contributed by atoms with Crippen molar-refractivity contribution >= 4 is 11.6 Å². The second kappa shape index (κ2) is 4.61. The van der Waals surface area contributed by atoms with E-state index < -0.39 is 0 Å². The van der Waals surface area contributed by atoms with Crippen molar-refractivity contribution in [3.63, 3.8) is 0 Å². The zero-order valence-electron chi connectivity index (χ0n) is 11.3. The van der Waals surface area contributed by atoms with Gasteiger partial charge in [0.25, 0.3) is 0 Å². The van der Waals surface area contributed by atoms with Crippen LogP contribution in [0.5, 0.6) is 5.75 Å². The number of hydrogen-bond donors (Lipinski definition) is 2. The maximum Gasteiger partial charge on any atom is 0.246 e. The Balaban J connectivity index is 2.18. The van der Waals surface area contributed by atoms with Gasteiger partial charge in [0.1, 0.15) is 11.8 Å². The molecule has 0 radical (unpaired) electrons. The average molecular weight is 248 g/mol. The number of rotatable bonds is 3. The summed E-state index contributed by atoms with van der Waals surface area (Å²) in [6, 6.07) is 5.41. The summed E-state index contributed by atoms with van der Waals surface area (Å²) in [7, 11) is 1.62. The molecule has 4 heteroatoms. The van der Waals surface area contributed by atoms with Gasteiger partial charge in [0.05, 0.1) is 7.11 Å². The van der Waals surface area contributed by atoms with Gasteiger partial charge in [-0.05, 0) is 11.5 Å². The zero-order chi connectivity index (χ0) is 13.3. The molecule has 0 saturated heterocycles. The van der Waals surface area contributed by atoms with Crippen LogP contribution in [0.15, 0.2) is 18.2 Å². The molecule has 0 aliphatic carbocycles. The quantitative estimate of drug-likeness (QED) is 0.863. The van der Waals surface area contributed by atoms with Crippen LogP contribution in [-0.2, 0) is 4.79 Å². The molecule has 1 aliphatic rings. The lowest BCUT2D eigenvalue weighted by molar-refractivity contribution is -0.117. The Hall–Kier alpha value is -1.55. The van der Waals surface area contributed by atoms with Gasteiger partial charge in [-0.2, -0.15) is 0 Å². The smallest absolute Gasteiger partial charge is 0.246 e. The molecule has 0 fully saturated rings. The molecular formula is C14H20N2O2. The van der Waals surface area contributed by atoms with E-state index in [1.807, 2.05) is 18.2 Å². The van der Waals surface area contributed by atoms with Crippen LogP contribution in [0, 0.1) is 5.41 Å². The standard InChI is InChI=1S/C14H20N2O2/c1-14(2,3)8-15-12-10-6-5-9(18-4)7-11(10)16-13(12)17/h5-7,12,15H,8H2,1-4H3,(H,16,17). The van der Waals surface area contributed by atoms with E-state index in [1.165, 1.54) is 0 Å². The number of carbonyl (C=O) groups excluding carboxylic acids is 1. The highest BCUT2D eigenvalue weighted by Gasteiger charge is 2.31. The van der Waals surface area contributed by atoms with Crippen LogP contribution in [0.25, 0.3) is 0 Å². The first-order valence-corrected chi connectivity index (χ1v) is 6.13. The molecule has 18 heavy (non-hydrogen) atoms. The number of benzene rings is 1. The molecule has 0 spiro atoms. The SMILES string of the molecule is COc1ccc2c(c1)NC(=O)C2NCC(C)(C)C. The third-order valence-electron chi connectivity index (χ3n) is 2.93. The van der Waals surface area contributed by atoms with Gasteiger partial charge in [0.15, 0.2) is 0 Å². The van der Waals surface area contributed by atoms with E-state index in [2.05, 4.69) is 31.4 Å². The molecule has 1 unspecified atom stereocenters. The number of methoxy groups -OCH3 is 1. The topological polar surface area (TPSA) is 50.4 Å². The molecule has 2 rings (SSSR count). The fraction of sp³-hybridized carbons (Fsp3) is 0.500. The molecule has 1 aromatic carbocycles. The summed E-state index contributed by atoms with van der Waals surface area (Å²) in [5.74, 6) is 0.757. The summed E-state index contributed by atoms with van der Waals surface area (Å²) in [5, 5.41) is 6.19. The fourth-order valence-corrected chi connectivity index (χ4v) is 1.98. The number of carbonyl (C=O) groups is 1. The first-order valence-electron chi connectivity index (χ1n) is 6.13. The van der Waals surface area contributed by atoms with Gasteiger partial charge in [-0.3, -0.25) is 4.79 Å². The highest BCUT2D eigenvalue weighted by Crippen LogP contribution is 2.34. The maximum absolute atomic E-state index is 11.9. The predicted octanol–water partition coefficient (Wildman–Crippen LogP) is 2.32. The summed E-state index contributed by atoms with van der Waals surface area (Å²) in [4.78, 5) is 11.9. The molecule has 2 N–H and O–H groups in total. The first kappa shape index (κ1) is 12.9. The lowest BCUT2D eigenvalue weighted by atomic mass is 9.96. The maximum atomic E-state index is 11.9. The molecule has 1 atom stereocenters. The summed E-state index contributed by atoms with van der Waals surface area (Å²) in [6.45, 7) is 7.21. The number of amides is 1. The normalized spacial score (nSPS) is 18.4. The van der Waals surface area contributed by atoms with Crippen molar-refractivity contribution < 1.29 is 9.53 Å². The van der Waals surface area contributed by atoms with E-state index in [1.54, 1.807) is 7.11 Å². The van der Waals surface area contributed by atoms with Crippen molar-refractivity contribution in [3.05, 3.63) is 23.8 Å². The van der Waals surface area contributed by atoms with Crippen molar-refractivity contribution in [3.8, 4) is 5.75 Å². The molecular weight excluding hydrogens is 228 g/mol. The number of anilines is 1. The van der Waals surface area contributed by atoms with Crippen LogP contribution in [-0.4, -0.2) is 19.6 Å². The second-order valence-corrected chi connectivity index (χ2v) is 5.82. The van der Waals surface area contributed by atoms with E-state index in [0.717, 1.165) is 23.5 Å². The summed E-state index contributed by atoms with van der Waals surface area (Å²) in [6.07, 6.45) is 0. The summed E-state index contributed by atoms with van der Waals surface area (Å²) in [5.41, 5.74) is 1.98. The lowest BCUT2D eigenvalue weighted by Crippen LogP contribution is -2.34. The minimum Gasteiger partial charge on any atom is -0.497 e. The molecule has 0 saturated carbocycles. The number of ether oxygens (including phenoxy) is 1. The summed E-state index contributed by atoms with van der Waals surface area (Å²) < 4.78 is 5.15. The zero-order valence-corrected chi connectivity index (χ0v) is 11.3. The Morgan fingerprint density at radius 2 is 2.11 bits per heavy atom. The second-order valence-electron chi connectivity index (χ2n) is 5.82. The fourth-order valence-electron chi connectivity index (χ4n) is 1.98. The predicted molar refractivity (Wildman–Crippen MR) is 71.8 cm³/mol. The first-order chi connectivity index (χ1) is 8.40. The highest BCUT2D eigenvalue weighted by molar-refractivity contribution is 6.02. The van der Waals surface area contributed by atoms with Crippen LogP contribution in [0.3, 0.4) is 0 Å². The van der Waals surface area contributed by atoms with E-state index in [9.17, 15) is 4.79 Å². The largest absolute Gasteiger partial charge is 0.497 e. The highest BCUT2D eigenvalue weighted by atomic mass is 16.5. The molecule has 4 nitrogen and oxygen atoms in total. The number of hydrogen-bond acceptors (Lipinski definition) is 3. The molecule has 1 aromatic rings. The van der Waals surface area contributed by atoms with Gasteiger partial charge in [-0.1, -0.05) is 26.8 Å². The van der Waals surface area contributed by atoms with Gasteiger partial charge < -0.3 is 15.4 Å². The van der Waals surface area contributed by atoms with Crippen LogP contribution in [0.4, 0.5) is 5.69 Å². The molecule has 1 amide bonds. The van der Waals surface area contributed by atoms with E-state index >= 15 is 0 Å². The van der Waals surface area contributed by atoms with Crippen molar-refractivity contribution in [2.75, 3.05) is 19.0 Å². The number of fused-ring (bicyclic) bond motifs is 1. The summed E-state index contributed by atoms with van der Waals surface area (Å²) >= 11 is 0. The lowest BCUT2D eigenvalue weighted by Gasteiger charge is -2.21. The van der Waals surface area contributed by atoms with Gasteiger partial charge in [0, 0.05) is 23.9 Å². The third kappa shape index (κ3) is 2.64. The van der Waals surface area contributed by atoms with Gasteiger partial charge in [-0.25, -0.2) is 0 Å². The van der Waals surface area contributed by atoms with Crippen molar-refractivity contribution in [2.24, 2.45) is 5.41 Å². The van der Waals surface area contributed by atoms with Crippen LogP contribution >= 0.6 is 0 Å². The Bertz CT molecular complexity index is 463. The Kier molecular flexibility index (Phi) is 3.30. The number of nitrogens with one attached hydrogen (secondary N) is 2. The van der Waals surface area contributed by atoms with Gasteiger partial charge in [0.2, 0.25) is 5.91 Å². The van der Waals surface area contributed by atoms with Crippen molar-refractivity contribution in [2.45, 2.75) is 26.8 Å². The average Bonchev–Trinajstić information content (AvgIpc) is 2.60. The van der Waals surface area contributed by atoms with Gasteiger partial charge in [-0.15, -0.1) is 0 Å². The minimum atomic E-state index is -0.259. The minimum absolute atomic E-state index is 0.00232. The Morgan fingerprint density at radius 3 is 2.72 bits per heavy atom. The third-order valence-corrected chi connectivity index (χ3v) is 2.93. The molecule has 98 valence electrons. The van der Waals surface area contributed by atoms with Crippen molar-refractivity contribution in [1.82, 2.24) is 5.32 Å². The van der Waals surface area contributed by atoms with E-state index in [4.69, 9.17) is 4.74 Å². The molecule has 1 aliphatic heterocycles. The van der Waals surface area contributed by atoms with E-state index in [-0.39, 0.29) is 17.4 Å². The Morgan fingerprint density at radius 1 is 1.39 bits per heavy atom.